The number of carbonyl (C=O) groups excluding carboxylic acids is 1. The van der Waals surface area contributed by atoms with Crippen LogP contribution in [0.3, 0.4) is 0 Å². The molecule has 8 heteroatoms. The molecule has 2 aromatic carbocycles. The van der Waals surface area contributed by atoms with Gasteiger partial charge in [-0.05, 0) is 42.8 Å². The Morgan fingerprint density at radius 1 is 1.22 bits per heavy atom. The Balaban J connectivity index is 2.47. The van der Waals surface area contributed by atoms with Crippen molar-refractivity contribution in [1.82, 2.24) is 0 Å². The minimum Gasteiger partial charge on any atom is -0.465 e. The molecule has 0 unspecified atom stereocenters. The minimum atomic E-state index is -4.08. The first-order chi connectivity index (χ1) is 10.7. The minimum absolute atomic E-state index is 0.0619. The lowest BCUT2D eigenvalue weighted by molar-refractivity contribution is 0.0596. The van der Waals surface area contributed by atoms with Gasteiger partial charge in [-0.1, -0.05) is 22.0 Å². The lowest BCUT2D eigenvalue weighted by atomic mass is 10.2. The topological polar surface area (TPSA) is 72.5 Å². The molecule has 1 N–H and O–H groups in total. The molecule has 0 saturated heterocycles. The van der Waals surface area contributed by atoms with E-state index in [0.717, 1.165) is 13.2 Å². The molecule has 23 heavy (non-hydrogen) atoms. The van der Waals surface area contributed by atoms with Crippen molar-refractivity contribution in [3.8, 4) is 0 Å². The maximum atomic E-state index is 13.6. The first kappa shape index (κ1) is 17.4. The Morgan fingerprint density at radius 3 is 2.52 bits per heavy atom. The number of nitrogens with one attached hydrogen (secondary N) is 1. The van der Waals surface area contributed by atoms with Crippen molar-refractivity contribution in [2.24, 2.45) is 0 Å². The number of benzene rings is 2. The molecule has 2 rings (SSSR count). The van der Waals surface area contributed by atoms with Gasteiger partial charge in [0, 0.05) is 4.47 Å². The van der Waals surface area contributed by atoms with E-state index in [1.165, 1.54) is 30.3 Å². The molecule has 0 amide bonds. The van der Waals surface area contributed by atoms with E-state index in [1.54, 1.807) is 6.92 Å². The predicted molar refractivity (Wildman–Crippen MR) is 87.4 cm³/mol. The number of carbonyl (C=O) groups is 1. The second-order valence-corrected chi connectivity index (χ2v) is 7.27. The van der Waals surface area contributed by atoms with Gasteiger partial charge < -0.3 is 4.74 Å². The number of halogens is 2. The van der Waals surface area contributed by atoms with Crippen LogP contribution in [0, 0.1) is 12.7 Å². The van der Waals surface area contributed by atoms with Crippen molar-refractivity contribution in [1.29, 1.82) is 0 Å². The highest BCUT2D eigenvalue weighted by atomic mass is 79.9. The molecule has 2 aromatic rings. The molecule has 0 aliphatic rings. The van der Waals surface area contributed by atoms with Gasteiger partial charge in [-0.3, -0.25) is 4.72 Å². The summed E-state index contributed by atoms with van der Waals surface area (Å²) in [5.74, 6) is -1.32. The van der Waals surface area contributed by atoms with Gasteiger partial charge in [0.1, 0.15) is 10.7 Å². The van der Waals surface area contributed by atoms with Gasteiger partial charge in [0.15, 0.2) is 0 Å². The average Bonchev–Trinajstić information content (AvgIpc) is 2.49. The van der Waals surface area contributed by atoms with Crippen molar-refractivity contribution >= 4 is 37.6 Å². The zero-order valence-corrected chi connectivity index (χ0v) is 14.7. The zero-order chi connectivity index (χ0) is 17.2. The van der Waals surface area contributed by atoms with Crippen molar-refractivity contribution in [2.75, 3.05) is 11.8 Å². The third kappa shape index (κ3) is 3.89. The number of rotatable bonds is 4. The van der Waals surface area contributed by atoms with Crippen LogP contribution in [0.25, 0.3) is 0 Å². The van der Waals surface area contributed by atoms with Gasteiger partial charge in [-0.2, -0.15) is 0 Å². The molecule has 0 aliphatic carbocycles. The molecule has 0 atom stereocenters. The summed E-state index contributed by atoms with van der Waals surface area (Å²) in [6.45, 7) is 1.57. The summed E-state index contributed by atoms with van der Waals surface area (Å²) in [5.41, 5.74) is 0.334. The molecule has 0 fully saturated rings. The summed E-state index contributed by atoms with van der Waals surface area (Å²) in [4.78, 5) is 11.5. The number of aryl methyl sites for hydroxylation is 1. The molecular formula is C15H13BrFNO4S. The predicted octanol–water partition coefficient (Wildman–Crippen LogP) is 3.48. The van der Waals surface area contributed by atoms with Crippen molar-refractivity contribution < 1.29 is 22.3 Å². The monoisotopic (exact) mass is 401 g/mol. The number of hydrogen-bond acceptors (Lipinski definition) is 4. The second-order valence-electron chi connectivity index (χ2n) is 4.70. The van der Waals surface area contributed by atoms with Crippen LogP contribution in [0.4, 0.5) is 10.1 Å². The number of esters is 1. The Hall–Kier alpha value is -1.93. The first-order valence-electron chi connectivity index (χ1n) is 6.41. The summed E-state index contributed by atoms with van der Waals surface area (Å²) >= 11 is 3.17. The smallest absolute Gasteiger partial charge is 0.339 e. The Kier molecular flexibility index (Phi) is 5.06. The van der Waals surface area contributed by atoms with E-state index in [0.29, 0.717) is 10.0 Å². The number of sulfonamides is 1. The van der Waals surface area contributed by atoms with E-state index in [2.05, 4.69) is 25.4 Å². The van der Waals surface area contributed by atoms with Gasteiger partial charge in [0.05, 0.1) is 18.4 Å². The molecule has 0 spiro atoms. The molecule has 5 nitrogen and oxygen atoms in total. The highest BCUT2D eigenvalue weighted by Crippen LogP contribution is 2.24. The van der Waals surface area contributed by atoms with E-state index >= 15 is 0 Å². The van der Waals surface area contributed by atoms with E-state index in [4.69, 9.17) is 0 Å². The fourth-order valence-electron chi connectivity index (χ4n) is 1.87. The van der Waals surface area contributed by atoms with Crippen LogP contribution in [0.1, 0.15) is 15.9 Å². The van der Waals surface area contributed by atoms with Crippen LogP contribution >= 0.6 is 15.9 Å². The SMILES string of the molecule is COC(=O)c1cc(Br)ccc1S(=O)(=O)Nc1ccc(C)c(F)c1. The van der Waals surface area contributed by atoms with Crippen LogP contribution in [-0.2, 0) is 14.8 Å². The maximum absolute atomic E-state index is 13.6. The summed E-state index contributed by atoms with van der Waals surface area (Å²) in [6.07, 6.45) is 0. The van der Waals surface area contributed by atoms with Crippen molar-refractivity contribution in [3.05, 3.63) is 57.8 Å². The van der Waals surface area contributed by atoms with Gasteiger partial charge in [0.25, 0.3) is 10.0 Å². The van der Waals surface area contributed by atoms with Crippen LogP contribution < -0.4 is 4.72 Å². The lowest BCUT2D eigenvalue weighted by Gasteiger charge is -2.12. The number of hydrogen-bond donors (Lipinski definition) is 1. The molecule has 0 saturated carbocycles. The molecular weight excluding hydrogens is 389 g/mol. The largest absolute Gasteiger partial charge is 0.465 e. The highest BCUT2D eigenvalue weighted by molar-refractivity contribution is 9.10. The van der Waals surface area contributed by atoms with Crippen LogP contribution in [0.2, 0.25) is 0 Å². The first-order valence-corrected chi connectivity index (χ1v) is 8.69. The fraction of sp³-hybridized carbons (Fsp3) is 0.133. The van der Waals surface area contributed by atoms with E-state index in [-0.39, 0.29) is 16.1 Å². The standard InChI is InChI=1S/C15H13BrFNO4S/c1-9-3-5-11(8-13(9)17)18-23(20,21)14-6-4-10(16)7-12(14)15(19)22-2/h3-8,18H,1-2H3. The molecule has 0 aliphatic heterocycles. The zero-order valence-electron chi connectivity index (χ0n) is 12.3. The fourth-order valence-corrected chi connectivity index (χ4v) is 3.46. The lowest BCUT2D eigenvalue weighted by Crippen LogP contribution is -2.17. The van der Waals surface area contributed by atoms with Gasteiger partial charge in [-0.15, -0.1) is 0 Å². The Bertz CT molecular complexity index is 868. The van der Waals surface area contributed by atoms with Crippen molar-refractivity contribution in [3.63, 3.8) is 0 Å². The average molecular weight is 402 g/mol. The second kappa shape index (κ2) is 6.67. The third-order valence-electron chi connectivity index (χ3n) is 3.06. The molecule has 0 radical (unpaired) electrons. The van der Waals surface area contributed by atoms with Crippen LogP contribution in [0.15, 0.2) is 45.8 Å². The quantitative estimate of drug-likeness (QED) is 0.795. The van der Waals surface area contributed by atoms with E-state index in [9.17, 15) is 17.6 Å². The van der Waals surface area contributed by atoms with Gasteiger partial charge in [0.2, 0.25) is 0 Å². The normalized spacial score (nSPS) is 11.1. The van der Waals surface area contributed by atoms with Crippen LogP contribution in [-0.4, -0.2) is 21.5 Å². The van der Waals surface area contributed by atoms with E-state index < -0.39 is 21.8 Å². The number of ether oxygens (including phenoxy) is 1. The summed E-state index contributed by atoms with van der Waals surface area (Å²) in [7, 11) is -2.93. The summed E-state index contributed by atoms with van der Waals surface area (Å²) < 4.78 is 45.9. The number of anilines is 1. The molecule has 0 bridgehead atoms. The molecule has 0 heterocycles. The third-order valence-corrected chi connectivity index (χ3v) is 4.99. The van der Waals surface area contributed by atoms with Crippen LogP contribution in [0.5, 0.6) is 0 Å². The highest BCUT2D eigenvalue weighted by Gasteiger charge is 2.23. The Labute approximate surface area is 141 Å². The maximum Gasteiger partial charge on any atom is 0.339 e. The molecule has 0 aromatic heterocycles. The summed E-state index contributed by atoms with van der Waals surface area (Å²) in [5, 5.41) is 0. The van der Waals surface area contributed by atoms with E-state index in [1.807, 2.05) is 0 Å². The summed E-state index contributed by atoms with van der Waals surface area (Å²) in [6, 6.07) is 8.06. The van der Waals surface area contributed by atoms with Gasteiger partial charge >= 0.3 is 5.97 Å². The Morgan fingerprint density at radius 2 is 1.91 bits per heavy atom. The molecule has 122 valence electrons. The van der Waals surface area contributed by atoms with Crippen molar-refractivity contribution in [2.45, 2.75) is 11.8 Å². The number of methoxy groups -OCH3 is 1. The van der Waals surface area contributed by atoms with Gasteiger partial charge in [-0.25, -0.2) is 17.6 Å².